The zero-order valence-electron chi connectivity index (χ0n) is 18.8. The van der Waals surface area contributed by atoms with Gasteiger partial charge in [-0.3, -0.25) is 0 Å². The van der Waals surface area contributed by atoms with E-state index in [1.165, 1.54) is 5.69 Å². The summed E-state index contributed by atoms with van der Waals surface area (Å²) >= 11 is 0. The number of rotatable bonds is 7. The highest BCUT2D eigenvalue weighted by molar-refractivity contribution is 5.62. The molecule has 1 aliphatic heterocycles. The van der Waals surface area contributed by atoms with Crippen LogP contribution in [0.5, 0.6) is 5.75 Å². The van der Waals surface area contributed by atoms with Crippen molar-refractivity contribution in [3.05, 3.63) is 90.6 Å². The molecule has 33 heavy (non-hydrogen) atoms. The molecule has 1 aliphatic rings. The second-order valence-electron chi connectivity index (χ2n) is 8.29. The second kappa shape index (κ2) is 9.79. The number of hydrogen-bond acceptors (Lipinski definition) is 6. The largest absolute Gasteiger partial charge is 0.489 e. The summed E-state index contributed by atoms with van der Waals surface area (Å²) in [4.78, 5) is 9.17. The van der Waals surface area contributed by atoms with Crippen molar-refractivity contribution in [2.24, 2.45) is 0 Å². The third-order valence-corrected chi connectivity index (χ3v) is 5.86. The lowest BCUT2D eigenvalue weighted by Gasteiger charge is -2.34. The molecule has 0 aliphatic carbocycles. The van der Waals surface area contributed by atoms with Gasteiger partial charge in [0.2, 0.25) is 0 Å². The quantitative estimate of drug-likeness (QED) is 0.414. The number of ether oxygens (including phenoxy) is 1. The Balaban J connectivity index is 1.21. The number of piperazine rings is 1. The van der Waals surface area contributed by atoms with E-state index in [-0.39, 0.29) is 0 Å². The molecule has 1 fully saturated rings. The fraction of sp³-hybridized carbons (Fsp3) is 0.222. The zero-order valence-corrected chi connectivity index (χ0v) is 18.8. The van der Waals surface area contributed by atoms with E-state index < -0.39 is 0 Å². The molecular formula is C27H28N4O2. The van der Waals surface area contributed by atoms with Crippen LogP contribution in [-0.2, 0) is 6.61 Å². The topological polar surface area (TPSA) is 53.8 Å². The van der Waals surface area contributed by atoms with Crippen LogP contribution < -0.4 is 15.0 Å². The minimum Gasteiger partial charge on any atom is -0.489 e. The van der Waals surface area contributed by atoms with Crippen molar-refractivity contribution < 1.29 is 9.15 Å². The van der Waals surface area contributed by atoms with Crippen LogP contribution in [0.2, 0.25) is 0 Å². The highest BCUT2D eigenvalue weighted by Gasteiger charge is 2.14. The normalized spacial score (nSPS) is 14.3. The summed E-state index contributed by atoms with van der Waals surface area (Å²) in [6, 6.07) is 26.9. The van der Waals surface area contributed by atoms with Crippen LogP contribution in [0.15, 0.2) is 89.5 Å². The maximum absolute atomic E-state index is 5.96. The predicted octanol–water partition coefficient (Wildman–Crippen LogP) is 5.42. The van der Waals surface area contributed by atoms with Gasteiger partial charge in [0.15, 0.2) is 5.76 Å². The first-order chi connectivity index (χ1) is 16.2. The summed E-state index contributed by atoms with van der Waals surface area (Å²) in [7, 11) is 2.17. The monoisotopic (exact) mass is 440 g/mol. The van der Waals surface area contributed by atoms with Crippen molar-refractivity contribution in [1.82, 2.24) is 9.88 Å². The third-order valence-electron chi connectivity index (χ3n) is 5.86. The summed E-state index contributed by atoms with van der Waals surface area (Å²) < 4.78 is 11.9. The fourth-order valence-electron chi connectivity index (χ4n) is 3.89. The molecule has 1 N–H and O–H groups in total. The highest BCUT2D eigenvalue weighted by atomic mass is 16.5. The first kappa shape index (κ1) is 21.1. The highest BCUT2D eigenvalue weighted by Crippen LogP contribution is 2.28. The average Bonchev–Trinajstić information content (AvgIpc) is 3.33. The average molecular weight is 441 g/mol. The second-order valence-corrected chi connectivity index (χ2v) is 8.29. The summed E-state index contributed by atoms with van der Waals surface area (Å²) in [5.41, 5.74) is 4.24. The number of oxazole rings is 1. The van der Waals surface area contributed by atoms with Gasteiger partial charge in [-0.25, -0.2) is 4.98 Å². The molecule has 0 radical (unpaired) electrons. The minimum absolute atomic E-state index is 0.466. The molecule has 3 aromatic carbocycles. The standard InChI is InChI=1S/C27H28N4O2/c1-30-14-16-31(17-15-30)24-12-10-23(11-13-24)29-27-28-19-26(33-27)22-8-5-9-25(18-22)32-20-21-6-3-2-4-7-21/h2-13,18-19H,14-17,20H2,1H3,(H,28,29). The molecule has 0 amide bonds. The van der Waals surface area contributed by atoms with Crippen molar-refractivity contribution in [3.63, 3.8) is 0 Å². The molecule has 168 valence electrons. The first-order valence-corrected chi connectivity index (χ1v) is 11.3. The third kappa shape index (κ3) is 5.35. The molecule has 2 heterocycles. The van der Waals surface area contributed by atoms with Gasteiger partial charge in [0.1, 0.15) is 12.4 Å². The van der Waals surface area contributed by atoms with Gasteiger partial charge in [0.05, 0.1) is 6.20 Å². The summed E-state index contributed by atoms with van der Waals surface area (Å²) in [5.74, 6) is 1.48. The van der Waals surface area contributed by atoms with Crippen LogP contribution in [0.4, 0.5) is 17.4 Å². The van der Waals surface area contributed by atoms with E-state index in [1.54, 1.807) is 6.20 Å². The molecule has 0 unspecified atom stereocenters. The lowest BCUT2D eigenvalue weighted by molar-refractivity contribution is 0.306. The summed E-state index contributed by atoms with van der Waals surface area (Å²) in [5, 5.41) is 3.26. The Morgan fingerprint density at radius 2 is 1.70 bits per heavy atom. The SMILES string of the molecule is CN1CCN(c2ccc(Nc3ncc(-c4cccc(OCc5ccccc5)c4)o3)cc2)CC1. The smallest absolute Gasteiger partial charge is 0.299 e. The molecule has 6 nitrogen and oxygen atoms in total. The Kier molecular flexibility index (Phi) is 6.26. The molecule has 4 aromatic rings. The fourth-order valence-corrected chi connectivity index (χ4v) is 3.89. The van der Waals surface area contributed by atoms with Gasteiger partial charge in [0.25, 0.3) is 6.01 Å². The molecule has 0 spiro atoms. The Hall–Kier alpha value is -3.77. The lowest BCUT2D eigenvalue weighted by atomic mass is 10.2. The van der Waals surface area contributed by atoms with E-state index >= 15 is 0 Å². The molecule has 1 aromatic heterocycles. The summed E-state index contributed by atoms with van der Waals surface area (Å²) in [6.45, 7) is 4.83. The van der Waals surface area contributed by atoms with Crippen LogP contribution in [0.3, 0.4) is 0 Å². The number of aromatic nitrogens is 1. The number of anilines is 3. The Morgan fingerprint density at radius 3 is 2.48 bits per heavy atom. The molecule has 0 saturated carbocycles. The van der Waals surface area contributed by atoms with Crippen LogP contribution in [0.1, 0.15) is 5.56 Å². The predicted molar refractivity (Wildman–Crippen MR) is 132 cm³/mol. The molecule has 1 saturated heterocycles. The van der Waals surface area contributed by atoms with E-state index in [0.717, 1.165) is 48.7 Å². The number of nitrogens with zero attached hydrogens (tertiary/aromatic N) is 3. The Labute approximate surface area is 194 Å². The number of nitrogens with one attached hydrogen (secondary N) is 1. The van der Waals surface area contributed by atoms with Gasteiger partial charge in [-0.05, 0) is 49.0 Å². The van der Waals surface area contributed by atoms with Gasteiger partial charge in [0, 0.05) is 43.1 Å². The van der Waals surface area contributed by atoms with Gasteiger partial charge in [-0.1, -0.05) is 42.5 Å². The van der Waals surface area contributed by atoms with E-state index in [1.807, 2.05) is 42.5 Å². The van der Waals surface area contributed by atoms with Gasteiger partial charge in [-0.15, -0.1) is 0 Å². The summed E-state index contributed by atoms with van der Waals surface area (Å²) in [6.07, 6.45) is 1.73. The number of hydrogen-bond donors (Lipinski definition) is 1. The molecular weight excluding hydrogens is 412 g/mol. The van der Waals surface area contributed by atoms with E-state index in [9.17, 15) is 0 Å². The zero-order chi connectivity index (χ0) is 22.5. The number of benzene rings is 3. The van der Waals surface area contributed by atoms with Crippen molar-refractivity contribution in [2.45, 2.75) is 6.61 Å². The maximum Gasteiger partial charge on any atom is 0.299 e. The van der Waals surface area contributed by atoms with E-state index in [0.29, 0.717) is 18.4 Å². The minimum atomic E-state index is 0.466. The van der Waals surface area contributed by atoms with Gasteiger partial charge >= 0.3 is 0 Å². The molecule has 5 rings (SSSR count). The van der Waals surface area contributed by atoms with Crippen LogP contribution >= 0.6 is 0 Å². The lowest BCUT2D eigenvalue weighted by Crippen LogP contribution is -2.44. The van der Waals surface area contributed by atoms with Crippen molar-refractivity contribution >= 4 is 17.4 Å². The van der Waals surface area contributed by atoms with Crippen molar-refractivity contribution in [2.75, 3.05) is 43.4 Å². The van der Waals surface area contributed by atoms with Crippen LogP contribution in [0.25, 0.3) is 11.3 Å². The Morgan fingerprint density at radius 1 is 0.909 bits per heavy atom. The Bertz CT molecular complexity index is 1170. The number of likely N-dealkylation sites (N-methyl/N-ethyl adjacent to an activating group) is 1. The van der Waals surface area contributed by atoms with Crippen molar-refractivity contribution in [3.8, 4) is 17.1 Å². The van der Waals surface area contributed by atoms with Crippen LogP contribution in [-0.4, -0.2) is 43.1 Å². The molecule has 0 atom stereocenters. The first-order valence-electron chi connectivity index (χ1n) is 11.3. The van der Waals surface area contributed by atoms with E-state index in [4.69, 9.17) is 9.15 Å². The van der Waals surface area contributed by atoms with Crippen molar-refractivity contribution in [1.29, 1.82) is 0 Å². The molecule has 0 bridgehead atoms. The molecule has 6 heteroatoms. The maximum atomic E-state index is 5.96. The van der Waals surface area contributed by atoms with Gasteiger partial charge < -0.3 is 24.3 Å². The van der Waals surface area contributed by atoms with Crippen LogP contribution in [0, 0.1) is 0 Å². The van der Waals surface area contributed by atoms with Gasteiger partial charge in [-0.2, -0.15) is 0 Å². The van der Waals surface area contributed by atoms with E-state index in [2.05, 4.69) is 63.5 Å².